The molecule has 3 amide bonds. The van der Waals surface area contributed by atoms with Gasteiger partial charge in [0, 0.05) is 79.8 Å². The van der Waals surface area contributed by atoms with Gasteiger partial charge in [0.25, 0.3) is 0 Å². The molecular weight excluding hydrogens is 1170 g/mol. The summed E-state index contributed by atoms with van der Waals surface area (Å²) in [5.74, 6) is 0.153. The van der Waals surface area contributed by atoms with Crippen LogP contribution in [0.2, 0.25) is 10.0 Å². The zero-order valence-corrected chi connectivity index (χ0v) is 53.6. The van der Waals surface area contributed by atoms with Crippen LogP contribution in [0, 0.1) is 18.7 Å². The van der Waals surface area contributed by atoms with Crippen LogP contribution in [0.4, 0.5) is 21.7 Å². The van der Waals surface area contributed by atoms with Crippen molar-refractivity contribution < 1.29 is 18.8 Å². The number of hydrogen-bond acceptors (Lipinski definition) is 13. The molecule has 4 atom stereocenters. The Bertz CT molecular complexity index is 4230. The van der Waals surface area contributed by atoms with Crippen LogP contribution >= 0.6 is 23.2 Å². The third kappa shape index (κ3) is 12.3. The summed E-state index contributed by atoms with van der Waals surface area (Å²) in [7, 11) is 0. The number of fused-ring (bicyclic) bond motifs is 2. The molecule has 21 heteroatoms. The second-order valence-corrected chi connectivity index (χ2v) is 25.1. The van der Waals surface area contributed by atoms with Crippen molar-refractivity contribution in [3.05, 3.63) is 170 Å². The van der Waals surface area contributed by atoms with E-state index < -0.39 is 17.2 Å². The van der Waals surface area contributed by atoms with E-state index in [4.69, 9.17) is 33.2 Å². The van der Waals surface area contributed by atoms with Crippen molar-refractivity contribution in [2.45, 2.75) is 131 Å². The molecule has 11 rings (SSSR count). The summed E-state index contributed by atoms with van der Waals surface area (Å²) in [5, 5.41) is 4.76. The first kappa shape index (κ1) is 63.3. The first-order valence-corrected chi connectivity index (χ1v) is 31.0. The molecule has 8 aromatic rings. The number of benzene rings is 2. The fraction of sp³-hybridized carbons (Fsp3) is 0.368. The van der Waals surface area contributed by atoms with E-state index >= 15 is 4.39 Å². The molecule has 1 aliphatic carbocycles. The number of amides is 3. The lowest BCUT2D eigenvalue weighted by Crippen LogP contribution is -2.58. The molecule has 0 radical (unpaired) electrons. The van der Waals surface area contributed by atoms with Gasteiger partial charge in [-0.1, -0.05) is 108 Å². The summed E-state index contributed by atoms with van der Waals surface area (Å²) >= 11 is 13.9. The molecule has 18 nitrogen and oxygen atoms in total. The largest absolute Gasteiger partial charge is 0.355 e. The minimum atomic E-state index is -0.530. The Balaban J connectivity index is 0.000000197. The Kier molecular flexibility index (Phi) is 18.4. The molecule has 0 spiro atoms. The smallest absolute Gasteiger partial charge is 0.349 e. The molecule has 462 valence electrons. The Morgan fingerprint density at radius 3 is 1.55 bits per heavy atom. The fourth-order valence-corrected chi connectivity index (χ4v) is 12.6. The molecule has 6 aromatic heterocycles. The summed E-state index contributed by atoms with van der Waals surface area (Å²) in [6.45, 7) is 31.1. The average Bonchev–Trinajstić information content (AvgIpc) is 1.77. The highest BCUT2D eigenvalue weighted by atomic mass is 35.5. The Morgan fingerprint density at radius 1 is 0.607 bits per heavy atom. The molecule has 8 heterocycles. The lowest BCUT2D eigenvalue weighted by molar-refractivity contribution is -0.129. The standard InChI is InChI=1S/C35H38ClN7O3.C33H36ClFN6O2/c1-7-28(44)41-17-22(6)42(18-21(41)5)32-25-16-26(36)30(24-10-8-9-11-27(24)38-34(45)23-12-13-23)39-33(25)43(35(46)40-32)31-20(4)14-15-37-29(31)19(2)3;1-8-27(42)39-16-21(7)40(17-20(39)6)31-24-15-25(34)29(23-11-9-10-12-26(23)35)37-32(24)41(33(43)38-31)30-22(18(2)3)13-14-36-28(30)19(4)5/h7-11,14-16,19,21-23H,1,12-13,17-18H2,2-6H3,(H,38,45);8-15,18-21H,1,16-17H2,2-7H3. The predicted octanol–water partition coefficient (Wildman–Crippen LogP) is 12.4. The SMILES string of the molecule is C=CC(=O)N1CC(C)N(c2nc(=O)n(-c3c(C(C)C)ccnc3C(C)C)c3nc(-c4ccccc4F)c(Cl)cc23)CC1C.C=CC(=O)N1CC(C)N(c2nc(=O)n(-c3c(C)ccnc3C(C)C)c3nc(-c4ccccc4NC(=O)C4CC4)c(Cl)cc23)CC1C. The molecule has 1 N–H and O–H groups in total. The Morgan fingerprint density at radius 2 is 1.07 bits per heavy atom. The van der Waals surface area contributed by atoms with E-state index in [-0.39, 0.29) is 81.8 Å². The highest BCUT2D eigenvalue weighted by Gasteiger charge is 2.37. The minimum Gasteiger partial charge on any atom is -0.349 e. The van der Waals surface area contributed by atoms with Crippen LogP contribution in [-0.4, -0.2) is 117 Å². The number of piperazine rings is 2. The number of carbonyl (C=O) groups is 3. The second kappa shape index (κ2) is 25.8. The van der Waals surface area contributed by atoms with Gasteiger partial charge in [0.05, 0.1) is 60.7 Å². The number of aromatic nitrogens is 8. The molecule has 2 aliphatic heterocycles. The number of anilines is 3. The highest BCUT2D eigenvalue weighted by Crippen LogP contribution is 2.41. The van der Waals surface area contributed by atoms with E-state index in [0.717, 1.165) is 35.4 Å². The van der Waals surface area contributed by atoms with Crippen LogP contribution in [-0.2, 0) is 14.4 Å². The van der Waals surface area contributed by atoms with Crippen LogP contribution in [0.1, 0.15) is 122 Å². The van der Waals surface area contributed by atoms with Gasteiger partial charge in [-0.25, -0.2) is 33.1 Å². The third-order valence-corrected chi connectivity index (χ3v) is 17.4. The number of rotatable bonds is 13. The van der Waals surface area contributed by atoms with Gasteiger partial charge < -0.3 is 24.9 Å². The lowest BCUT2D eigenvalue weighted by atomic mass is 9.97. The Labute approximate surface area is 527 Å². The molecular formula is C68H74Cl2FN13O5. The highest BCUT2D eigenvalue weighted by molar-refractivity contribution is 6.34. The molecule has 3 aliphatic rings. The number of halogens is 3. The van der Waals surface area contributed by atoms with Crippen LogP contribution in [0.15, 0.2) is 120 Å². The second-order valence-electron chi connectivity index (χ2n) is 24.3. The maximum Gasteiger partial charge on any atom is 0.355 e. The monoisotopic (exact) mass is 1240 g/mol. The van der Waals surface area contributed by atoms with Gasteiger partial charge in [0.15, 0.2) is 11.3 Å². The van der Waals surface area contributed by atoms with Gasteiger partial charge in [0.2, 0.25) is 17.7 Å². The first-order chi connectivity index (χ1) is 42.4. The van der Waals surface area contributed by atoms with Crippen molar-refractivity contribution in [1.29, 1.82) is 0 Å². The van der Waals surface area contributed by atoms with Gasteiger partial charge in [-0.3, -0.25) is 24.4 Å². The van der Waals surface area contributed by atoms with Gasteiger partial charge >= 0.3 is 11.4 Å². The average molecular weight is 1240 g/mol. The normalized spacial score (nSPS) is 17.8. The number of carbonyl (C=O) groups excluding carboxylic acids is 3. The van der Waals surface area contributed by atoms with E-state index in [1.54, 1.807) is 52.5 Å². The number of pyridine rings is 4. The van der Waals surface area contributed by atoms with Gasteiger partial charge in [-0.15, -0.1) is 0 Å². The van der Waals surface area contributed by atoms with Crippen molar-refractivity contribution in [2.75, 3.05) is 41.3 Å². The number of para-hydroxylation sites is 1. The molecule has 2 saturated heterocycles. The molecule has 0 bridgehead atoms. The van der Waals surface area contributed by atoms with E-state index in [1.165, 1.54) is 27.4 Å². The Hall–Kier alpha value is -8.68. The fourth-order valence-electron chi connectivity index (χ4n) is 12.1. The van der Waals surface area contributed by atoms with Gasteiger partial charge in [0.1, 0.15) is 17.5 Å². The summed E-state index contributed by atoms with van der Waals surface area (Å²) < 4.78 is 18.1. The zero-order chi connectivity index (χ0) is 64.0. The maximum absolute atomic E-state index is 15.1. The van der Waals surface area contributed by atoms with Crippen LogP contribution in [0.5, 0.6) is 0 Å². The third-order valence-electron chi connectivity index (χ3n) is 16.9. The van der Waals surface area contributed by atoms with Crippen molar-refractivity contribution in [3.8, 4) is 33.9 Å². The number of hydrogen-bond donors (Lipinski definition) is 1. The summed E-state index contributed by atoms with van der Waals surface area (Å²) in [6.07, 6.45) is 7.89. The maximum atomic E-state index is 15.1. The quantitative estimate of drug-likeness (QED) is 0.107. The number of nitrogens with one attached hydrogen (secondary N) is 1. The molecule has 2 aromatic carbocycles. The van der Waals surface area contributed by atoms with Gasteiger partial charge in [-0.2, -0.15) is 9.97 Å². The van der Waals surface area contributed by atoms with Crippen molar-refractivity contribution in [2.24, 2.45) is 5.92 Å². The number of aryl methyl sites for hydroxylation is 1. The van der Waals surface area contributed by atoms with Crippen molar-refractivity contribution in [1.82, 2.24) is 48.8 Å². The first-order valence-electron chi connectivity index (χ1n) is 30.2. The molecule has 4 unspecified atom stereocenters. The molecule has 3 fully saturated rings. The van der Waals surface area contributed by atoms with Gasteiger partial charge in [-0.05, 0) is 131 Å². The minimum absolute atomic E-state index is 0.00925. The van der Waals surface area contributed by atoms with Crippen molar-refractivity contribution in [3.63, 3.8) is 0 Å². The summed E-state index contributed by atoms with van der Waals surface area (Å²) in [6, 6.07) is 20.3. The predicted molar refractivity (Wildman–Crippen MR) is 351 cm³/mol. The zero-order valence-electron chi connectivity index (χ0n) is 52.1. The topological polar surface area (TPSA) is 198 Å². The molecule has 89 heavy (non-hydrogen) atoms. The molecule has 1 saturated carbocycles. The summed E-state index contributed by atoms with van der Waals surface area (Å²) in [5.41, 5.74) is 6.27. The summed E-state index contributed by atoms with van der Waals surface area (Å²) in [4.78, 5) is 103. The van der Waals surface area contributed by atoms with Crippen LogP contribution in [0.25, 0.3) is 56.0 Å². The number of nitrogens with zero attached hydrogens (tertiary/aromatic N) is 12. The van der Waals surface area contributed by atoms with Crippen LogP contribution < -0.4 is 26.5 Å². The van der Waals surface area contributed by atoms with E-state index in [9.17, 15) is 24.0 Å². The van der Waals surface area contributed by atoms with E-state index in [2.05, 4.69) is 52.3 Å². The van der Waals surface area contributed by atoms with Crippen LogP contribution in [0.3, 0.4) is 0 Å². The lowest BCUT2D eigenvalue weighted by Gasteiger charge is -2.44. The van der Waals surface area contributed by atoms with Crippen molar-refractivity contribution >= 4 is 80.3 Å². The van der Waals surface area contributed by atoms with E-state index in [0.29, 0.717) is 93.2 Å². The van der Waals surface area contributed by atoms with E-state index in [1.807, 2.05) is 109 Å².